The first-order valence-electron chi connectivity index (χ1n) is 7.76. The maximum atomic E-state index is 5.49. The lowest BCUT2D eigenvalue weighted by atomic mass is 10.0. The number of rotatable bonds is 9. The highest BCUT2D eigenvalue weighted by Gasteiger charge is 2.19. The Balaban J connectivity index is 2.07. The quantitative estimate of drug-likeness (QED) is 0.648. The lowest BCUT2D eigenvalue weighted by Gasteiger charge is -2.26. The van der Waals surface area contributed by atoms with Crippen LogP contribution in [-0.4, -0.2) is 64.1 Å². The van der Waals surface area contributed by atoms with Gasteiger partial charge in [-0.2, -0.15) is 0 Å². The highest BCUT2D eigenvalue weighted by Crippen LogP contribution is 2.09. The lowest BCUT2D eigenvalue weighted by molar-refractivity contribution is 0.0675. The molecule has 19 heavy (non-hydrogen) atoms. The highest BCUT2D eigenvalue weighted by molar-refractivity contribution is 4.78. The Morgan fingerprint density at radius 2 is 2.05 bits per heavy atom. The summed E-state index contributed by atoms with van der Waals surface area (Å²) in [5, 5.41) is 3.66. The van der Waals surface area contributed by atoms with Gasteiger partial charge in [0.2, 0.25) is 0 Å². The molecule has 4 nitrogen and oxygen atoms in total. The van der Waals surface area contributed by atoms with E-state index in [9.17, 15) is 0 Å². The molecular formula is C15H32N2O2. The molecule has 1 atom stereocenters. The van der Waals surface area contributed by atoms with Gasteiger partial charge in [0.1, 0.15) is 0 Å². The number of hydrogen-bond donors (Lipinski definition) is 1. The van der Waals surface area contributed by atoms with Gasteiger partial charge in [0.25, 0.3) is 0 Å². The zero-order valence-corrected chi connectivity index (χ0v) is 13.0. The van der Waals surface area contributed by atoms with E-state index in [1.54, 1.807) is 7.11 Å². The summed E-state index contributed by atoms with van der Waals surface area (Å²) >= 11 is 0. The van der Waals surface area contributed by atoms with Crippen LogP contribution in [0.2, 0.25) is 0 Å². The number of nitrogens with one attached hydrogen (secondary N) is 1. The van der Waals surface area contributed by atoms with Crippen molar-refractivity contribution in [2.45, 2.75) is 39.2 Å². The van der Waals surface area contributed by atoms with Crippen LogP contribution < -0.4 is 5.32 Å². The molecule has 1 fully saturated rings. The normalized spacial score (nSPS) is 21.8. The van der Waals surface area contributed by atoms with E-state index in [4.69, 9.17) is 9.47 Å². The minimum atomic E-state index is 0.653. The second-order valence-electron chi connectivity index (χ2n) is 5.77. The average molecular weight is 272 g/mol. The van der Waals surface area contributed by atoms with E-state index < -0.39 is 0 Å². The molecule has 0 aliphatic carbocycles. The third-order valence-electron chi connectivity index (χ3n) is 3.76. The predicted octanol–water partition coefficient (Wildman–Crippen LogP) is 1.75. The molecule has 0 amide bonds. The Hall–Kier alpha value is -0.160. The molecule has 1 aliphatic rings. The number of hydrogen-bond acceptors (Lipinski definition) is 4. The minimum Gasteiger partial charge on any atom is -0.382 e. The minimum absolute atomic E-state index is 0.653. The monoisotopic (exact) mass is 272 g/mol. The fourth-order valence-electron chi connectivity index (χ4n) is 2.46. The van der Waals surface area contributed by atoms with Gasteiger partial charge in [-0.1, -0.05) is 13.8 Å². The molecule has 114 valence electrons. The van der Waals surface area contributed by atoms with E-state index in [-0.39, 0.29) is 0 Å². The molecule has 0 aromatic rings. The van der Waals surface area contributed by atoms with Crippen molar-refractivity contribution in [1.82, 2.24) is 10.2 Å². The highest BCUT2D eigenvalue weighted by atomic mass is 16.5. The summed E-state index contributed by atoms with van der Waals surface area (Å²) in [5.41, 5.74) is 0. The molecule has 1 saturated heterocycles. The zero-order chi connectivity index (χ0) is 13.9. The van der Waals surface area contributed by atoms with Crippen molar-refractivity contribution in [2.75, 3.05) is 53.1 Å². The first-order valence-corrected chi connectivity index (χ1v) is 7.76. The summed E-state index contributed by atoms with van der Waals surface area (Å²) in [5.74, 6) is 0.720. The molecule has 1 heterocycles. The van der Waals surface area contributed by atoms with Gasteiger partial charge in [-0.3, -0.25) is 0 Å². The Kier molecular flexibility index (Phi) is 9.43. The van der Waals surface area contributed by atoms with Crippen LogP contribution in [-0.2, 0) is 9.47 Å². The van der Waals surface area contributed by atoms with Crippen LogP contribution in [0.5, 0.6) is 0 Å². The topological polar surface area (TPSA) is 33.7 Å². The fourth-order valence-corrected chi connectivity index (χ4v) is 2.46. The first-order chi connectivity index (χ1) is 9.24. The molecular weight excluding hydrogens is 240 g/mol. The van der Waals surface area contributed by atoms with Gasteiger partial charge in [0.15, 0.2) is 0 Å². The van der Waals surface area contributed by atoms with Crippen LogP contribution in [0.4, 0.5) is 0 Å². The summed E-state index contributed by atoms with van der Waals surface area (Å²) in [7, 11) is 1.71. The SMILES string of the molecule is COCCOCCCCN1CCCNC(C(C)C)C1. The van der Waals surface area contributed by atoms with Gasteiger partial charge in [-0.15, -0.1) is 0 Å². The van der Waals surface area contributed by atoms with Gasteiger partial charge in [-0.25, -0.2) is 0 Å². The van der Waals surface area contributed by atoms with Crippen molar-refractivity contribution < 1.29 is 9.47 Å². The number of methoxy groups -OCH3 is 1. The maximum absolute atomic E-state index is 5.49. The molecule has 0 spiro atoms. The number of unbranched alkanes of at least 4 members (excludes halogenated alkanes) is 1. The zero-order valence-electron chi connectivity index (χ0n) is 13.0. The Morgan fingerprint density at radius 1 is 1.21 bits per heavy atom. The Morgan fingerprint density at radius 3 is 2.79 bits per heavy atom. The van der Waals surface area contributed by atoms with Crippen LogP contribution in [0.15, 0.2) is 0 Å². The van der Waals surface area contributed by atoms with E-state index in [1.807, 2.05) is 0 Å². The molecule has 0 radical (unpaired) electrons. The molecule has 0 bridgehead atoms. The second-order valence-corrected chi connectivity index (χ2v) is 5.77. The van der Waals surface area contributed by atoms with Crippen LogP contribution in [0.3, 0.4) is 0 Å². The van der Waals surface area contributed by atoms with E-state index >= 15 is 0 Å². The Labute approximate surface area is 118 Å². The van der Waals surface area contributed by atoms with Crippen molar-refractivity contribution in [3.8, 4) is 0 Å². The lowest BCUT2D eigenvalue weighted by Crippen LogP contribution is -2.41. The van der Waals surface area contributed by atoms with E-state index in [2.05, 4.69) is 24.1 Å². The van der Waals surface area contributed by atoms with E-state index in [1.165, 1.54) is 39.0 Å². The fraction of sp³-hybridized carbons (Fsp3) is 1.00. The molecule has 4 heteroatoms. The largest absolute Gasteiger partial charge is 0.382 e. The summed E-state index contributed by atoms with van der Waals surface area (Å²) < 4.78 is 10.4. The molecule has 1 N–H and O–H groups in total. The molecule has 1 rings (SSSR count). The first kappa shape index (κ1) is 16.9. The summed E-state index contributed by atoms with van der Waals surface area (Å²) in [6.45, 7) is 11.7. The molecule has 0 saturated carbocycles. The molecule has 0 aromatic carbocycles. The van der Waals surface area contributed by atoms with Gasteiger partial charge in [0, 0.05) is 26.3 Å². The van der Waals surface area contributed by atoms with Crippen molar-refractivity contribution in [1.29, 1.82) is 0 Å². The smallest absolute Gasteiger partial charge is 0.0700 e. The van der Waals surface area contributed by atoms with Gasteiger partial charge < -0.3 is 19.7 Å². The van der Waals surface area contributed by atoms with Crippen molar-refractivity contribution in [3.05, 3.63) is 0 Å². The molecule has 1 unspecified atom stereocenters. The van der Waals surface area contributed by atoms with Crippen molar-refractivity contribution >= 4 is 0 Å². The predicted molar refractivity (Wildman–Crippen MR) is 79.6 cm³/mol. The van der Waals surface area contributed by atoms with Crippen molar-refractivity contribution in [3.63, 3.8) is 0 Å². The summed E-state index contributed by atoms with van der Waals surface area (Å²) in [6, 6.07) is 0.653. The average Bonchev–Trinajstić information content (AvgIpc) is 2.63. The van der Waals surface area contributed by atoms with Gasteiger partial charge >= 0.3 is 0 Å². The standard InChI is InChI=1S/C15H32N2O2/c1-14(2)15-13-17(9-6-7-16-15)8-4-5-10-19-12-11-18-3/h14-16H,4-13H2,1-3H3. The van der Waals surface area contributed by atoms with Gasteiger partial charge in [-0.05, 0) is 44.8 Å². The van der Waals surface area contributed by atoms with Crippen molar-refractivity contribution in [2.24, 2.45) is 5.92 Å². The maximum Gasteiger partial charge on any atom is 0.0700 e. The second kappa shape index (κ2) is 10.6. The number of nitrogens with zero attached hydrogens (tertiary/aromatic N) is 1. The summed E-state index contributed by atoms with van der Waals surface area (Å²) in [6.07, 6.45) is 3.66. The van der Waals surface area contributed by atoms with Gasteiger partial charge in [0.05, 0.1) is 13.2 Å². The van der Waals surface area contributed by atoms with Crippen LogP contribution >= 0.6 is 0 Å². The van der Waals surface area contributed by atoms with Crippen LogP contribution in [0.1, 0.15) is 33.1 Å². The third kappa shape index (κ3) is 7.88. The Bertz CT molecular complexity index is 212. The van der Waals surface area contributed by atoms with E-state index in [0.29, 0.717) is 12.6 Å². The molecule has 0 aromatic heterocycles. The summed E-state index contributed by atoms with van der Waals surface area (Å²) in [4.78, 5) is 2.61. The van der Waals surface area contributed by atoms with E-state index in [0.717, 1.165) is 25.6 Å². The third-order valence-corrected chi connectivity index (χ3v) is 3.76. The number of ether oxygens (including phenoxy) is 2. The van der Waals surface area contributed by atoms with Crippen LogP contribution in [0.25, 0.3) is 0 Å². The van der Waals surface area contributed by atoms with Crippen LogP contribution in [0, 0.1) is 5.92 Å². The molecule has 1 aliphatic heterocycles.